The molecule has 0 N–H and O–H groups in total. The molecule has 16 heavy (non-hydrogen) atoms. The molecule has 2 rings (SSSR count). The van der Waals surface area contributed by atoms with Gasteiger partial charge in [-0.25, -0.2) is 4.98 Å². The number of halogens is 2. The summed E-state index contributed by atoms with van der Waals surface area (Å²) >= 11 is 6.84. The van der Waals surface area contributed by atoms with Crippen LogP contribution in [0.1, 0.15) is 10.5 Å². The zero-order valence-electron chi connectivity index (χ0n) is 8.15. The average molecular weight is 341 g/mol. The van der Waals surface area contributed by atoms with Crippen molar-refractivity contribution in [2.45, 2.75) is 0 Å². The van der Waals surface area contributed by atoms with E-state index in [9.17, 15) is 4.79 Å². The van der Waals surface area contributed by atoms with Gasteiger partial charge in [0, 0.05) is 14.5 Å². The largest absolute Gasteiger partial charge is 0.296 e. The van der Waals surface area contributed by atoms with Crippen LogP contribution in [0.25, 0.3) is 11.3 Å². The molecule has 0 unspecified atom stereocenters. The molecule has 0 saturated heterocycles. The zero-order chi connectivity index (χ0) is 11.5. The Labute approximate surface area is 110 Å². The number of benzene rings is 1. The van der Waals surface area contributed by atoms with E-state index in [1.165, 1.54) is 0 Å². The summed E-state index contributed by atoms with van der Waals surface area (Å²) < 4.78 is 1.94. The highest BCUT2D eigenvalue weighted by molar-refractivity contribution is 9.11. The number of hydrogen-bond acceptors (Lipinski definition) is 2. The molecule has 0 saturated carbocycles. The van der Waals surface area contributed by atoms with Crippen LogP contribution < -0.4 is 0 Å². The van der Waals surface area contributed by atoms with Crippen LogP contribution >= 0.6 is 31.9 Å². The molecule has 0 aliphatic rings. The van der Waals surface area contributed by atoms with Crippen molar-refractivity contribution >= 4 is 38.1 Å². The highest BCUT2D eigenvalue weighted by Gasteiger charge is 2.03. The zero-order valence-corrected chi connectivity index (χ0v) is 11.3. The first-order chi connectivity index (χ1) is 7.69. The fraction of sp³-hybridized carbons (Fsp3) is 0. The first-order valence-electron chi connectivity index (χ1n) is 4.58. The molecule has 1 heterocycles. The number of carbonyl (C=O) groups is 1. The van der Waals surface area contributed by atoms with Gasteiger partial charge in [-0.1, -0.05) is 37.9 Å². The molecule has 80 valence electrons. The molecule has 2 nitrogen and oxygen atoms in total. The van der Waals surface area contributed by atoms with Gasteiger partial charge in [-0.15, -0.1) is 0 Å². The second-order valence-corrected chi connectivity index (χ2v) is 5.06. The second kappa shape index (κ2) is 4.89. The summed E-state index contributed by atoms with van der Waals surface area (Å²) in [4.78, 5) is 14.9. The SMILES string of the molecule is O=Cc1cccc(-c2cc(Br)cc(Br)c2)n1. The molecule has 2 aromatic rings. The van der Waals surface area contributed by atoms with Crippen molar-refractivity contribution in [2.24, 2.45) is 0 Å². The quantitative estimate of drug-likeness (QED) is 0.771. The van der Waals surface area contributed by atoms with Gasteiger partial charge in [-0.05, 0) is 30.3 Å². The van der Waals surface area contributed by atoms with Crippen molar-refractivity contribution in [1.29, 1.82) is 0 Å². The van der Waals surface area contributed by atoms with Gasteiger partial charge in [-0.3, -0.25) is 4.79 Å². The minimum Gasteiger partial charge on any atom is -0.296 e. The molecule has 0 fully saturated rings. The maximum absolute atomic E-state index is 10.6. The predicted octanol–water partition coefficient (Wildman–Crippen LogP) is 4.09. The number of carbonyl (C=O) groups excluding carboxylic acids is 1. The fourth-order valence-corrected chi connectivity index (χ4v) is 2.67. The van der Waals surface area contributed by atoms with Gasteiger partial charge in [0.2, 0.25) is 0 Å². The van der Waals surface area contributed by atoms with Crippen LogP contribution in [0.3, 0.4) is 0 Å². The van der Waals surface area contributed by atoms with Gasteiger partial charge in [0.15, 0.2) is 6.29 Å². The Morgan fingerprint density at radius 2 is 1.75 bits per heavy atom. The minimum atomic E-state index is 0.439. The molecule has 0 amide bonds. The van der Waals surface area contributed by atoms with Crippen LogP contribution in [0.5, 0.6) is 0 Å². The normalized spacial score (nSPS) is 10.1. The van der Waals surface area contributed by atoms with E-state index in [1.807, 2.05) is 30.3 Å². The van der Waals surface area contributed by atoms with Crippen LogP contribution in [0.15, 0.2) is 45.3 Å². The van der Waals surface area contributed by atoms with Crippen molar-refractivity contribution in [3.63, 3.8) is 0 Å². The third-order valence-corrected chi connectivity index (χ3v) is 2.97. The van der Waals surface area contributed by atoms with E-state index in [4.69, 9.17) is 0 Å². The Morgan fingerprint density at radius 3 is 2.38 bits per heavy atom. The summed E-state index contributed by atoms with van der Waals surface area (Å²) in [7, 11) is 0. The molecule has 0 atom stereocenters. The summed E-state index contributed by atoms with van der Waals surface area (Å²) in [5.41, 5.74) is 2.19. The molecular formula is C12H7Br2NO. The van der Waals surface area contributed by atoms with E-state index < -0.39 is 0 Å². The summed E-state index contributed by atoms with van der Waals surface area (Å²) in [6.45, 7) is 0. The molecule has 0 bridgehead atoms. The van der Waals surface area contributed by atoms with E-state index >= 15 is 0 Å². The van der Waals surface area contributed by atoms with Gasteiger partial charge < -0.3 is 0 Å². The Kier molecular flexibility index (Phi) is 3.51. The number of hydrogen-bond donors (Lipinski definition) is 0. The van der Waals surface area contributed by atoms with Crippen molar-refractivity contribution in [3.8, 4) is 11.3 Å². The Bertz CT molecular complexity index is 520. The first kappa shape index (κ1) is 11.5. The Morgan fingerprint density at radius 1 is 1.06 bits per heavy atom. The molecule has 0 radical (unpaired) electrons. The molecule has 0 aliphatic carbocycles. The second-order valence-electron chi connectivity index (χ2n) is 3.22. The van der Waals surface area contributed by atoms with Crippen LogP contribution in [0, 0.1) is 0 Å². The van der Waals surface area contributed by atoms with E-state index in [2.05, 4.69) is 36.8 Å². The number of nitrogens with zero attached hydrogens (tertiary/aromatic N) is 1. The van der Waals surface area contributed by atoms with Crippen molar-refractivity contribution < 1.29 is 4.79 Å². The van der Waals surface area contributed by atoms with Gasteiger partial charge in [-0.2, -0.15) is 0 Å². The monoisotopic (exact) mass is 339 g/mol. The lowest BCUT2D eigenvalue weighted by atomic mass is 10.1. The predicted molar refractivity (Wildman–Crippen MR) is 70.5 cm³/mol. The number of pyridine rings is 1. The first-order valence-corrected chi connectivity index (χ1v) is 6.16. The topological polar surface area (TPSA) is 30.0 Å². The van der Waals surface area contributed by atoms with Crippen molar-refractivity contribution in [2.75, 3.05) is 0 Å². The van der Waals surface area contributed by atoms with E-state index in [1.54, 1.807) is 6.07 Å². The highest BCUT2D eigenvalue weighted by Crippen LogP contribution is 2.26. The lowest BCUT2D eigenvalue weighted by molar-refractivity contribution is 0.111. The van der Waals surface area contributed by atoms with E-state index in [0.29, 0.717) is 5.69 Å². The molecule has 4 heteroatoms. The standard InChI is InChI=1S/C12H7Br2NO/c13-9-4-8(5-10(14)6-9)12-3-1-2-11(7-16)15-12/h1-7H. The smallest absolute Gasteiger partial charge is 0.168 e. The lowest BCUT2D eigenvalue weighted by Gasteiger charge is -2.03. The Balaban J connectivity index is 2.53. The molecule has 1 aromatic carbocycles. The van der Waals surface area contributed by atoms with Crippen LogP contribution in [-0.2, 0) is 0 Å². The van der Waals surface area contributed by atoms with Crippen molar-refractivity contribution in [3.05, 3.63) is 51.0 Å². The van der Waals surface area contributed by atoms with E-state index in [0.717, 1.165) is 26.5 Å². The fourth-order valence-electron chi connectivity index (χ4n) is 1.38. The third kappa shape index (κ3) is 2.57. The lowest BCUT2D eigenvalue weighted by Crippen LogP contribution is -1.89. The van der Waals surface area contributed by atoms with Crippen LogP contribution in [0.4, 0.5) is 0 Å². The maximum Gasteiger partial charge on any atom is 0.168 e. The molecule has 1 aromatic heterocycles. The van der Waals surface area contributed by atoms with Gasteiger partial charge in [0.25, 0.3) is 0 Å². The summed E-state index contributed by atoms with van der Waals surface area (Å²) in [6, 6.07) is 11.3. The number of rotatable bonds is 2. The maximum atomic E-state index is 10.6. The highest BCUT2D eigenvalue weighted by atomic mass is 79.9. The van der Waals surface area contributed by atoms with Gasteiger partial charge >= 0.3 is 0 Å². The molecular weight excluding hydrogens is 334 g/mol. The average Bonchev–Trinajstić information content (AvgIpc) is 2.28. The van der Waals surface area contributed by atoms with E-state index in [-0.39, 0.29) is 0 Å². The van der Waals surface area contributed by atoms with Gasteiger partial charge in [0.1, 0.15) is 5.69 Å². The third-order valence-electron chi connectivity index (χ3n) is 2.05. The Hall–Kier alpha value is -1.00. The van der Waals surface area contributed by atoms with Crippen molar-refractivity contribution in [1.82, 2.24) is 4.98 Å². The summed E-state index contributed by atoms with van der Waals surface area (Å²) in [5.74, 6) is 0. The number of aldehydes is 1. The minimum absolute atomic E-state index is 0.439. The van der Waals surface area contributed by atoms with Crippen LogP contribution in [0.2, 0.25) is 0 Å². The van der Waals surface area contributed by atoms with Crippen LogP contribution in [-0.4, -0.2) is 11.3 Å². The molecule has 0 spiro atoms. The molecule has 0 aliphatic heterocycles. The summed E-state index contributed by atoms with van der Waals surface area (Å²) in [6.07, 6.45) is 0.747. The summed E-state index contributed by atoms with van der Waals surface area (Å²) in [5, 5.41) is 0. The van der Waals surface area contributed by atoms with Gasteiger partial charge in [0.05, 0.1) is 5.69 Å². The number of aromatic nitrogens is 1.